The molecule has 18 heavy (non-hydrogen) atoms. The summed E-state index contributed by atoms with van der Waals surface area (Å²) in [5, 5.41) is 11.4. The number of nitrogens with zero attached hydrogens (tertiary/aromatic N) is 4. The van der Waals surface area contributed by atoms with Gasteiger partial charge in [0.2, 0.25) is 0 Å². The van der Waals surface area contributed by atoms with Crippen LogP contribution in [0.3, 0.4) is 0 Å². The monoisotopic (exact) mass is 244 g/mol. The predicted molar refractivity (Wildman–Crippen MR) is 63.2 cm³/mol. The van der Waals surface area contributed by atoms with Gasteiger partial charge in [0.25, 0.3) is 5.91 Å². The van der Waals surface area contributed by atoms with Crippen molar-refractivity contribution in [3.63, 3.8) is 0 Å². The van der Waals surface area contributed by atoms with Crippen LogP contribution < -0.4 is 4.90 Å². The van der Waals surface area contributed by atoms with E-state index in [-0.39, 0.29) is 5.91 Å². The summed E-state index contributed by atoms with van der Waals surface area (Å²) in [6, 6.07) is 1.73. The molecule has 1 saturated carbocycles. The summed E-state index contributed by atoms with van der Waals surface area (Å²) >= 11 is 0. The second kappa shape index (κ2) is 4.21. The van der Waals surface area contributed by atoms with Crippen molar-refractivity contribution in [2.45, 2.75) is 18.8 Å². The fourth-order valence-electron chi connectivity index (χ4n) is 1.84. The topological polar surface area (TPSA) is 72.1 Å². The highest BCUT2D eigenvalue weighted by Crippen LogP contribution is 2.41. The van der Waals surface area contributed by atoms with Crippen molar-refractivity contribution in [3.05, 3.63) is 36.0 Å². The average Bonchev–Trinajstić information content (AvgIpc) is 3.15. The lowest BCUT2D eigenvalue weighted by atomic mass is 10.1. The first-order valence-electron chi connectivity index (χ1n) is 5.76. The van der Waals surface area contributed by atoms with Crippen LogP contribution in [-0.2, 0) is 0 Å². The Morgan fingerprint density at radius 2 is 2.28 bits per heavy atom. The molecular weight excluding hydrogens is 232 g/mol. The van der Waals surface area contributed by atoms with Gasteiger partial charge in [-0.2, -0.15) is 10.2 Å². The van der Waals surface area contributed by atoms with Gasteiger partial charge in [0.15, 0.2) is 0 Å². The quantitative estimate of drug-likeness (QED) is 0.820. The van der Waals surface area contributed by atoms with Gasteiger partial charge >= 0.3 is 0 Å². The zero-order valence-corrected chi connectivity index (χ0v) is 9.91. The number of hydrogen-bond acceptors (Lipinski definition) is 5. The van der Waals surface area contributed by atoms with E-state index in [1.54, 1.807) is 25.5 Å². The summed E-state index contributed by atoms with van der Waals surface area (Å²) < 4.78 is 4.93. The largest absolute Gasteiger partial charge is 0.364 e. The van der Waals surface area contributed by atoms with E-state index in [2.05, 4.69) is 15.4 Å². The zero-order chi connectivity index (χ0) is 12.5. The molecule has 1 fully saturated rings. The van der Waals surface area contributed by atoms with Crippen LogP contribution in [0.15, 0.2) is 29.2 Å². The maximum absolute atomic E-state index is 12.3. The highest BCUT2D eigenvalue weighted by Gasteiger charge is 2.32. The Morgan fingerprint density at radius 1 is 1.44 bits per heavy atom. The Bertz CT molecular complexity index is 562. The van der Waals surface area contributed by atoms with Crippen molar-refractivity contribution < 1.29 is 9.32 Å². The second-order valence-electron chi connectivity index (χ2n) is 4.35. The number of rotatable bonds is 3. The molecule has 0 bridgehead atoms. The molecule has 2 aromatic heterocycles. The number of hydrogen-bond donors (Lipinski definition) is 0. The Hall–Kier alpha value is -2.24. The highest BCUT2D eigenvalue weighted by molar-refractivity contribution is 6.06. The van der Waals surface area contributed by atoms with E-state index in [1.807, 2.05) is 0 Å². The fraction of sp³-hybridized carbons (Fsp3) is 0.333. The minimum Gasteiger partial charge on any atom is -0.364 e. The lowest BCUT2D eigenvalue weighted by Crippen LogP contribution is -2.26. The summed E-state index contributed by atoms with van der Waals surface area (Å²) in [6.07, 6.45) is 6.67. The van der Waals surface area contributed by atoms with E-state index < -0.39 is 0 Å². The summed E-state index contributed by atoms with van der Waals surface area (Å²) in [5.41, 5.74) is 2.00. The molecule has 2 heterocycles. The molecule has 0 saturated heterocycles. The van der Waals surface area contributed by atoms with E-state index >= 15 is 0 Å². The van der Waals surface area contributed by atoms with Gasteiger partial charge in [-0.05, 0) is 18.9 Å². The molecule has 0 aromatic carbocycles. The van der Waals surface area contributed by atoms with Crippen molar-refractivity contribution in [2.75, 3.05) is 11.9 Å². The number of aromatic nitrogens is 3. The number of carbonyl (C=O) groups excluding carboxylic acids is 1. The molecule has 6 heteroatoms. The van der Waals surface area contributed by atoms with E-state index in [9.17, 15) is 4.79 Å². The SMILES string of the molecule is CN(C(=O)c1conc1C1CC1)c1ccnnc1. The fourth-order valence-corrected chi connectivity index (χ4v) is 1.84. The Morgan fingerprint density at radius 3 is 2.94 bits per heavy atom. The van der Waals surface area contributed by atoms with Gasteiger partial charge in [0.05, 0.1) is 23.8 Å². The van der Waals surface area contributed by atoms with Gasteiger partial charge in [-0.1, -0.05) is 5.16 Å². The maximum atomic E-state index is 12.3. The van der Waals surface area contributed by atoms with E-state index in [4.69, 9.17) is 4.52 Å². The highest BCUT2D eigenvalue weighted by atomic mass is 16.5. The van der Waals surface area contributed by atoms with Crippen molar-refractivity contribution in [1.82, 2.24) is 15.4 Å². The molecule has 0 aliphatic heterocycles. The van der Waals surface area contributed by atoms with E-state index in [1.165, 1.54) is 11.2 Å². The number of amides is 1. The zero-order valence-electron chi connectivity index (χ0n) is 9.91. The predicted octanol–water partition coefficient (Wildman–Crippen LogP) is 1.62. The Balaban J connectivity index is 1.88. The third-order valence-electron chi connectivity index (χ3n) is 3.05. The van der Waals surface area contributed by atoms with Crippen molar-refractivity contribution in [3.8, 4) is 0 Å². The molecule has 0 atom stereocenters. The van der Waals surface area contributed by atoms with Gasteiger partial charge in [-0.15, -0.1) is 0 Å². The Kier molecular flexibility index (Phi) is 2.55. The normalized spacial score (nSPS) is 14.5. The molecule has 0 unspecified atom stereocenters. The molecule has 0 spiro atoms. The summed E-state index contributed by atoms with van der Waals surface area (Å²) in [6.45, 7) is 0. The average molecular weight is 244 g/mol. The molecule has 1 aliphatic rings. The molecule has 1 aliphatic carbocycles. The van der Waals surface area contributed by atoms with E-state index in [0.29, 0.717) is 17.2 Å². The van der Waals surface area contributed by atoms with Crippen molar-refractivity contribution >= 4 is 11.6 Å². The van der Waals surface area contributed by atoms with Crippen LogP contribution in [0.1, 0.15) is 34.8 Å². The van der Waals surface area contributed by atoms with Gasteiger partial charge in [-0.25, -0.2) is 0 Å². The van der Waals surface area contributed by atoms with Crippen LogP contribution >= 0.6 is 0 Å². The first-order valence-corrected chi connectivity index (χ1v) is 5.76. The van der Waals surface area contributed by atoms with Crippen LogP contribution in [0.25, 0.3) is 0 Å². The smallest absolute Gasteiger partial charge is 0.263 e. The lowest BCUT2D eigenvalue weighted by Gasteiger charge is -2.15. The third-order valence-corrected chi connectivity index (χ3v) is 3.05. The Labute approximate surface area is 104 Å². The van der Waals surface area contributed by atoms with Gasteiger partial charge < -0.3 is 9.42 Å². The molecule has 6 nitrogen and oxygen atoms in total. The van der Waals surface area contributed by atoms with Crippen molar-refractivity contribution in [1.29, 1.82) is 0 Å². The minimum atomic E-state index is -0.133. The molecule has 92 valence electrons. The van der Waals surface area contributed by atoms with Crippen LogP contribution in [0.4, 0.5) is 5.69 Å². The lowest BCUT2D eigenvalue weighted by molar-refractivity contribution is 0.0991. The van der Waals surface area contributed by atoms with Crippen molar-refractivity contribution in [2.24, 2.45) is 0 Å². The van der Waals surface area contributed by atoms with Crippen LogP contribution in [0, 0.1) is 0 Å². The van der Waals surface area contributed by atoms with Gasteiger partial charge in [0, 0.05) is 13.0 Å². The molecule has 0 radical (unpaired) electrons. The molecule has 0 N–H and O–H groups in total. The number of carbonyl (C=O) groups is 1. The summed E-state index contributed by atoms with van der Waals surface area (Å²) in [5.74, 6) is 0.248. The second-order valence-corrected chi connectivity index (χ2v) is 4.35. The van der Waals surface area contributed by atoms with Gasteiger partial charge in [0.1, 0.15) is 11.8 Å². The molecule has 3 rings (SSSR count). The van der Waals surface area contributed by atoms with Crippen LogP contribution in [-0.4, -0.2) is 28.3 Å². The molecule has 2 aromatic rings. The van der Waals surface area contributed by atoms with Gasteiger partial charge in [-0.3, -0.25) is 4.79 Å². The first kappa shape index (κ1) is 10.9. The third kappa shape index (κ3) is 1.85. The van der Waals surface area contributed by atoms with Crippen LogP contribution in [0.5, 0.6) is 0 Å². The van der Waals surface area contributed by atoms with E-state index in [0.717, 1.165) is 18.5 Å². The van der Waals surface area contributed by atoms with Crippen LogP contribution in [0.2, 0.25) is 0 Å². The molecular formula is C12H12N4O2. The minimum absolute atomic E-state index is 0.133. The first-order chi connectivity index (χ1) is 8.77. The number of anilines is 1. The molecule has 1 amide bonds. The summed E-state index contributed by atoms with van der Waals surface area (Å²) in [7, 11) is 1.70. The maximum Gasteiger partial charge on any atom is 0.263 e. The summed E-state index contributed by atoms with van der Waals surface area (Å²) in [4.78, 5) is 13.9. The standard InChI is InChI=1S/C12H12N4O2/c1-16(9-4-5-13-14-6-9)12(17)10-7-18-15-11(10)8-2-3-8/h4-8H,2-3H2,1H3.